The lowest BCUT2D eigenvalue weighted by Crippen LogP contribution is -2.55. The van der Waals surface area contributed by atoms with E-state index in [0.29, 0.717) is 18.7 Å². The van der Waals surface area contributed by atoms with Crippen LogP contribution in [-0.2, 0) is 9.53 Å². The largest absolute Gasteiger partial charge is 0.464 e. The molecule has 0 spiro atoms. The van der Waals surface area contributed by atoms with E-state index in [1.165, 1.54) is 6.07 Å². The number of anilines is 1. The molecule has 1 fully saturated rings. The first-order valence-electron chi connectivity index (χ1n) is 7.13. The van der Waals surface area contributed by atoms with E-state index in [9.17, 15) is 9.18 Å². The molecule has 4 heteroatoms. The van der Waals surface area contributed by atoms with Crippen LogP contribution in [0.5, 0.6) is 0 Å². The second-order valence-corrected chi connectivity index (χ2v) is 5.97. The molecule has 0 saturated heterocycles. The first-order chi connectivity index (χ1) is 9.43. The van der Waals surface area contributed by atoms with Gasteiger partial charge in [0.2, 0.25) is 0 Å². The van der Waals surface area contributed by atoms with Crippen molar-refractivity contribution >= 4 is 11.7 Å². The molecule has 0 aromatic heterocycles. The smallest absolute Gasteiger partial charge is 0.332 e. The standard InChI is InChI=1S/C16H22FNO2/c1-4-20-14(19)16(11-7-10-15(16,2)3)18-13-9-6-5-8-12(13)17/h5-6,8-9,18H,4,7,10-11H2,1-3H3. The highest BCUT2D eigenvalue weighted by Gasteiger charge is 2.55. The first kappa shape index (κ1) is 14.8. The number of ether oxygens (including phenoxy) is 1. The summed E-state index contributed by atoms with van der Waals surface area (Å²) in [5, 5.41) is 3.15. The maximum atomic E-state index is 13.9. The normalized spacial score (nSPS) is 24.4. The van der Waals surface area contributed by atoms with Crippen molar-refractivity contribution < 1.29 is 13.9 Å². The molecule has 0 aliphatic heterocycles. The molecular formula is C16H22FNO2. The van der Waals surface area contributed by atoms with Gasteiger partial charge >= 0.3 is 5.97 Å². The fourth-order valence-electron chi connectivity index (χ4n) is 3.06. The van der Waals surface area contributed by atoms with Crippen LogP contribution in [0.2, 0.25) is 0 Å². The van der Waals surface area contributed by atoms with Crippen molar-refractivity contribution in [3.8, 4) is 0 Å². The van der Waals surface area contributed by atoms with Gasteiger partial charge in [0.05, 0.1) is 12.3 Å². The number of esters is 1. The minimum Gasteiger partial charge on any atom is -0.464 e. The Morgan fingerprint density at radius 2 is 2.05 bits per heavy atom. The van der Waals surface area contributed by atoms with Gasteiger partial charge in [-0.2, -0.15) is 0 Å². The van der Waals surface area contributed by atoms with Crippen LogP contribution in [0.3, 0.4) is 0 Å². The van der Waals surface area contributed by atoms with Gasteiger partial charge in [0.1, 0.15) is 11.4 Å². The maximum absolute atomic E-state index is 13.9. The van der Waals surface area contributed by atoms with Gasteiger partial charge in [0.15, 0.2) is 0 Å². The van der Waals surface area contributed by atoms with Crippen LogP contribution in [0.4, 0.5) is 10.1 Å². The zero-order valence-electron chi connectivity index (χ0n) is 12.3. The van der Waals surface area contributed by atoms with Crippen LogP contribution >= 0.6 is 0 Å². The summed E-state index contributed by atoms with van der Waals surface area (Å²) in [5.41, 5.74) is -0.775. The molecule has 0 amide bonds. The lowest BCUT2D eigenvalue weighted by atomic mass is 9.74. The van der Waals surface area contributed by atoms with Crippen molar-refractivity contribution in [1.82, 2.24) is 0 Å². The molecule has 20 heavy (non-hydrogen) atoms. The summed E-state index contributed by atoms with van der Waals surface area (Å²) in [6, 6.07) is 6.44. The second-order valence-electron chi connectivity index (χ2n) is 5.97. The molecule has 110 valence electrons. The van der Waals surface area contributed by atoms with E-state index in [1.807, 2.05) is 13.8 Å². The molecule has 0 bridgehead atoms. The third-order valence-corrected chi connectivity index (χ3v) is 4.35. The van der Waals surface area contributed by atoms with E-state index in [0.717, 1.165) is 12.8 Å². The van der Waals surface area contributed by atoms with Crippen LogP contribution in [0.25, 0.3) is 0 Å². The Hall–Kier alpha value is -1.58. The van der Waals surface area contributed by atoms with Crippen molar-refractivity contribution in [1.29, 1.82) is 0 Å². The summed E-state index contributed by atoms with van der Waals surface area (Å²) in [6.07, 6.45) is 2.49. The highest BCUT2D eigenvalue weighted by Crippen LogP contribution is 2.48. The summed E-state index contributed by atoms with van der Waals surface area (Å²) in [5.74, 6) is -0.635. The third-order valence-electron chi connectivity index (χ3n) is 4.35. The number of para-hydroxylation sites is 1. The molecule has 2 rings (SSSR count). The lowest BCUT2D eigenvalue weighted by molar-refractivity contribution is -0.151. The van der Waals surface area contributed by atoms with Gasteiger partial charge in [-0.1, -0.05) is 26.0 Å². The number of rotatable bonds is 4. The SMILES string of the molecule is CCOC(=O)C1(Nc2ccccc2F)CCCC1(C)C. The number of hydrogen-bond donors (Lipinski definition) is 1. The number of nitrogens with one attached hydrogen (secondary N) is 1. The topological polar surface area (TPSA) is 38.3 Å². The molecule has 1 aliphatic carbocycles. The van der Waals surface area contributed by atoms with Gasteiger partial charge in [-0.05, 0) is 43.7 Å². The zero-order valence-corrected chi connectivity index (χ0v) is 12.3. The van der Waals surface area contributed by atoms with Gasteiger partial charge < -0.3 is 10.1 Å². The first-order valence-corrected chi connectivity index (χ1v) is 7.13. The summed E-state index contributed by atoms with van der Waals surface area (Å²) < 4.78 is 19.2. The number of halogens is 1. The van der Waals surface area contributed by atoms with Crippen molar-refractivity contribution in [3.05, 3.63) is 30.1 Å². The molecule has 1 aromatic carbocycles. The molecule has 3 nitrogen and oxygen atoms in total. The third kappa shape index (κ3) is 2.39. The summed E-state index contributed by atoms with van der Waals surface area (Å²) >= 11 is 0. The minimum atomic E-state index is -0.856. The molecular weight excluding hydrogens is 257 g/mol. The second kappa shape index (κ2) is 5.43. The van der Waals surface area contributed by atoms with Gasteiger partial charge in [-0.15, -0.1) is 0 Å². The molecule has 1 atom stereocenters. The fraction of sp³-hybridized carbons (Fsp3) is 0.562. The average Bonchev–Trinajstić information content (AvgIpc) is 2.69. The van der Waals surface area contributed by atoms with Gasteiger partial charge in [0.25, 0.3) is 0 Å². The van der Waals surface area contributed by atoms with Gasteiger partial charge in [-0.3, -0.25) is 0 Å². The molecule has 1 aliphatic rings. The highest BCUT2D eigenvalue weighted by atomic mass is 19.1. The molecule has 0 heterocycles. The number of hydrogen-bond acceptors (Lipinski definition) is 3. The fourth-order valence-corrected chi connectivity index (χ4v) is 3.06. The van der Waals surface area contributed by atoms with E-state index in [1.54, 1.807) is 25.1 Å². The Balaban J connectivity index is 2.38. The maximum Gasteiger partial charge on any atom is 0.332 e. The van der Waals surface area contributed by atoms with E-state index >= 15 is 0 Å². The van der Waals surface area contributed by atoms with Crippen molar-refractivity contribution in [2.45, 2.75) is 45.6 Å². The molecule has 0 radical (unpaired) electrons. The highest BCUT2D eigenvalue weighted by molar-refractivity contribution is 5.86. The van der Waals surface area contributed by atoms with Gasteiger partial charge in [0, 0.05) is 0 Å². The Labute approximate surface area is 119 Å². The summed E-state index contributed by atoms with van der Waals surface area (Å²) in [7, 11) is 0. The number of carbonyl (C=O) groups excluding carboxylic acids is 1. The molecule has 1 N–H and O–H groups in total. The monoisotopic (exact) mass is 279 g/mol. The lowest BCUT2D eigenvalue weighted by Gasteiger charge is -2.40. The van der Waals surface area contributed by atoms with Crippen molar-refractivity contribution in [2.24, 2.45) is 5.41 Å². The summed E-state index contributed by atoms with van der Waals surface area (Å²) in [6.45, 7) is 6.18. The Morgan fingerprint density at radius 3 is 2.60 bits per heavy atom. The minimum absolute atomic E-state index is 0.276. The van der Waals surface area contributed by atoms with Crippen LogP contribution < -0.4 is 5.32 Å². The van der Waals surface area contributed by atoms with E-state index in [-0.39, 0.29) is 17.2 Å². The van der Waals surface area contributed by atoms with Crippen LogP contribution in [-0.4, -0.2) is 18.1 Å². The molecule has 1 saturated carbocycles. The molecule has 1 aromatic rings. The van der Waals surface area contributed by atoms with Crippen LogP contribution in [0, 0.1) is 11.2 Å². The van der Waals surface area contributed by atoms with Crippen LogP contribution in [0.15, 0.2) is 24.3 Å². The van der Waals surface area contributed by atoms with Crippen molar-refractivity contribution in [2.75, 3.05) is 11.9 Å². The molecule has 1 unspecified atom stereocenters. The zero-order chi connectivity index (χ0) is 14.8. The van der Waals surface area contributed by atoms with Gasteiger partial charge in [-0.25, -0.2) is 9.18 Å². The van der Waals surface area contributed by atoms with Crippen molar-refractivity contribution in [3.63, 3.8) is 0 Å². The van der Waals surface area contributed by atoms with Crippen LogP contribution in [0.1, 0.15) is 40.0 Å². The predicted molar refractivity (Wildman–Crippen MR) is 77.0 cm³/mol. The number of benzene rings is 1. The Morgan fingerprint density at radius 1 is 1.35 bits per heavy atom. The van der Waals surface area contributed by atoms with E-state index in [2.05, 4.69) is 5.32 Å². The summed E-state index contributed by atoms with van der Waals surface area (Å²) in [4.78, 5) is 12.5. The number of carbonyl (C=O) groups is 1. The Bertz CT molecular complexity index is 501. The quantitative estimate of drug-likeness (QED) is 0.853. The average molecular weight is 279 g/mol. The van der Waals surface area contributed by atoms with E-state index in [4.69, 9.17) is 4.74 Å². The van der Waals surface area contributed by atoms with E-state index < -0.39 is 5.54 Å². The predicted octanol–water partition coefficient (Wildman–Crippen LogP) is 3.75. The Kier molecular flexibility index (Phi) is 4.02.